The first-order valence-electron chi connectivity index (χ1n) is 15.1. The molecular weight excluding hydrogens is 500 g/mol. The predicted octanol–water partition coefficient (Wildman–Crippen LogP) is 10.5. The SMILES string of the molecule is CCCCCCCCOc1ccc(N(c2ccc(OCCCCCCCC)cc2)c2ccc([N+](=O)[O-])cc2)cc1. The van der Waals surface area contributed by atoms with Crippen molar-refractivity contribution in [3.8, 4) is 11.5 Å². The fourth-order valence-electron chi connectivity index (χ4n) is 4.70. The molecule has 6 nitrogen and oxygen atoms in total. The van der Waals surface area contributed by atoms with Crippen LogP contribution in [0.2, 0.25) is 0 Å². The molecule has 3 rings (SSSR count). The molecule has 0 saturated carbocycles. The Labute approximate surface area is 240 Å². The van der Waals surface area contributed by atoms with Crippen LogP contribution < -0.4 is 14.4 Å². The predicted molar refractivity (Wildman–Crippen MR) is 166 cm³/mol. The van der Waals surface area contributed by atoms with E-state index in [1.54, 1.807) is 12.1 Å². The molecule has 0 amide bonds. The van der Waals surface area contributed by atoms with Crippen LogP contribution in [0, 0.1) is 10.1 Å². The minimum Gasteiger partial charge on any atom is -0.494 e. The van der Waals surface area contributed by atoms with Crippen molar-refractivity contribution < 1.29 is 14.4 Å². The average Bonchev–Trinajstić information content (AvgIpc) is 2.98. The lowest BCUT2D eigenvalue weighted by atomic mass is 10.1. The molecule has 0 atom stereocenters. The van der Waals surface area contributed by atoms with E-state index in [-0.39, 0.29) is 10.6 Å². The highest BCUT2D eigenvalue weighted by Gasteiger charge is 2.15. The van der Waals surface area contributed by atoms with Gasteiger partial charge in [0, 0.05) is 29.2 Å². The van der Waals surface area contributed by atoms with Gasteiger partial charge < -0.3 is 14.4 Å². The Kier molecular flexibility index (Phi) is 13.9. The third-order valence-electron chi connectivity index (χ3n) is 7.04. The van der Waals surface area contributed by atoms with Crippen molar-refractivity contribution in [2.24, 2.45) is 0 Å². The lowest BCUT2D eigenvalue weighted by molar-refractivity contribution is -0.384. The second-order valence-electron chi connectivity index (χ2n) is 10.3. The van der Waals surface area contributed by atoms with Gasteiger partial charge >= 0.3 is 0 Å². The van der Waals surface area contributed by atoms with Crippen LogP contribution >= 0.6 is 0 Å². The number of hydrogen-bond donors (Lipinski definition) is 0. The summed E-state index contributed by atoms with van der Waals surface area (Å²) in [5.74, 6) is 1.69. The molecule has 0 spiro atoms. The van der Waals surface area contributed by atoms with Crippen molar-refractivity contribution in [2.75, 3.05) is 18.1 Å². The minimum absolute atomic E-state index is 0.0700. The van der Waals surface area contributed by atoms with Crippen molar-refractivity contribution in [1.82, 2.24) is 0 Å². The highest BCUT2D eigenvalue weighted by molar-refractivity contribution is 5.77. The minimum atomic E-state index is -0.375. The van der Waals surface area contributed by atoms with E-state index in [9.17, 15) is 10.1 Å². The number of nitro groups is 1. The van der Waals surface area contributed by atoms with Gasteiger partial charge in [-0.2, -0.15) is 0 Å². The lowest BCUT2D eigenvalue weighted by Gasteiger charge is -2.25. The van der Waals surface area contributed by atoms with E-state index in [0.717, 1.165) is 54.6 Å². The molecule has 0 aliphatic carbocycles. The Hall–Kier alpha value is -3.54. The first kappa shape index (κ1) is 31.0. The van der Waals surface area contributed by atoms with Gasteiger partial charge in [0.2, 0.25) is 0 Å². The zero-order valence-electron chi connectivity index (χ0n) is 24.4. The van der Waals surface area contributed by atoms with E-state index < -0.39 is 0 Å². The third kappa shape index (κ3) is 10.6. The third-order valence-corrected chi connectivity index (χ3v) is 7.04. The summed E-state index contributed by atoms with van der Waals surface area (Å²) < 4.78 is 12.0. The highest BCUT2D eigenvalue weighted by Crippen LogP contribution is 2.36. The van der Waals surface area contributed by atoms with Gasteiger partial charge in [-0.1, -0.05) is 78.1 Å². The van der Waals surface area contributed by atoms with Crippen molar-refractivity contribution in [2.45, 2.75) is 90.9 Å². The molecule has 216 valence electrons. The van der Waals surface area contributed by atoms with Gasteiger partial charge in [-0.15, -0.1) is 0 Å². The molecule has 0 heterocycles. The maximum atomic E-state index is 11.2. The summed E-state index contributed by atoms with van der Waals surface area (Å²) in [5.41, 5.74) is 2.80. The van der Waals surface area contributed by atoms with Gasteiger partial charge in [0.25, 0.3) is 5.69 Å². The number of anilines is 3. The van der Waals surface area contributed by atoms with Crippen LogP contribution in [-0.2, 0) is 0 Å². The summed E-state index contributed by atoms with van der Waals surface area (Å²) in [4.78, 5) is 12.9. The van der Waals surface area contributed by atoms with E-state index in [2.05, 4.69) is 18.7 Å². The number of ether oxygens (including phenoxy) is 2. The molecule has 6 heteroatoms. The number of unbranched alkanes of at least 4 members (excludes halogenated alkanes) is 10. The number of nitro benzene ring substituents is 1. The summed E-state index contributed by atoms with van der Waals surface area (Å²) in [6.45, 7) is 5.91. The van der Waals surface area contributed by atoms with Crippen molar-refractivity contribution >= 4 is 22.7 Å². The summed E-state index contributed by atoms with van der Waals surface area (Å²) in [6, 6.07) is 22.7. The molecule has 0 N–H and O–H groups in total. The van der Waals surface area contributed by atoms with Gasteiger partial charge in [0.05, 0.1) is 18.1 Å². The molecule has 0 radical (unpaired) electrons. The zero-order chi connectivity index (χ0) is 28.4. The molecule has 0 aromatic heterocycles. The van der Waals surface area contributed by atoms with Crippen LogP contribution in [0.3, 0.4) is 0 Å². The Bertz CT molecular complexity index is 1040. The van der Waals surface area contributed by atoms with E-state index in [4.69, 9.17) is 9.47 Å². The lowest BCUT2D eigenvalue weighted by Crippen LogP contribution is -2.10. The average molecular weight is 547 g/mol. The first-order chi connectivity index (χ1) is 19.6. The smallest absolute Gasteiger partial charge is 0.269 e. The number of benzene rings is 3. The standard InChI is InChI=1S/C34H46N2O4/c1-3-5-7-9-11-13-27-39-33-23-19-30(20-24-33)35(29-15-17-32(18-16-29)36(37)38)31-21-25-34(26-22-31)40-28-14-12-10-8-6-4-2/h15-26H,3-14,27-28H2,1-2H3. The van der Waals surface area contributed by atoms with Gasteiger partial charge in [-0.25, -0.2) is 0 Å². The quantitative estimate of drug-likeness (QED) is 0.0801. The molecular formula is C34H46N2O4. The van der Waals surface area contributed by atoms with E-state index in [1.165, 1.54) is 76.3 Å². The molecule has 0 bridgehead atoms. The van der Waals surface area contributed by atoms with Crippen molar-refractivity contribution in [3.05, 3.63) is 82.9 Å². The largest absolute Gasteiger partial charge is 0.494 e. The maximum Gasteiger partial charge on any atom is 0.269 e. The van der Waals surface area contributed by atoms with Gasteiger partial charge in [0.15, 0.2) is 0 Å². The monoisotopic (exact) mass is 546 g/mol. The zero-order valence-corrected chi connectivity index (χ0v) is 24.4. The summed E-state index contributed by atoms with van der Waals surface area (Å²) in [5, 5.41) is 11.2. The summed E-state index contributed by atoms with van der Waals surface area (Å²) in [7, 11) is 0. The van der Waals surface area contributed by atoms with Crippen LogP contribution in [0.25, 0.3) is 0 Å². The molecule has 40 heavy (non-hydrogen) atoms. The summed E-state index contributed by atoms with van der Waals surface area (Å²) >= 11 is 0. The Morgan fingerprint density at radius 1 is 0.550 bits per heavy atom. The Morgan fingerprint density at radius 3 is 1.27 bits per heavy atom. The second kappa shape index (κ2) is 17.9. The molecule has 3 aromatic rings. The topological polar surface area (TPSA) is 64.8 Å². The van der Waals surface area contributed by atoms with Crippen LogP contribution in [0.15, 0.2) is 72.8 Å². The fourth-order valence-corrected chi connectivity index (χ4v) is 4.70. The molecule has 0 aliphatic heterocycles. The van der Waals surface area contributed by atoms with Crippen molar-refractivity contribution in [3.63, 3.8) is 0 Å². The summed E-state index contributed by atoms with van der Waals surface area (Å²) in [6.07, 6.45) is 14.8. The normalized spacial score (nSPS) is 10.8. The fraction of sp³-hybridized carbons (Fsp3) is 0.471. The van der Waals surface area contributed by atoms with Crippen LogP contribution in [0.5, 0.6) is 11.5 Å². The van der Waals surface area contributed by atoms with Gasteiger partial charge in [-0.3, -0.25) is 10.1 Å². The Morgan fingerprint density at radius 2 is 0.900 bits per heavy atom. The number of non-ortho nitro benzene ring substituents is 1. The van der Waals surface area contributed by atoms with Gasteiger partial charge in [-0.05, 0) is 73.5 Å². The van der Waals surface area contributed by atoms with Crippen molar-refractivity contribution in [1.29, 1.82) is 0 Å². The van der Waals surface area contributed by atoms with E-state index >= 15 is 0 Å². The van der Waals surface area contributed by atoms with Crippen LogP contribution in [0.1, 0.15) is 90.9 Å². The highest BCUT2D eigenvalue weighted by atomic mass is 16.6. The van der Waals surface area contributed by atoms with Crippen LogP contribution in [0.4, 0.5) is 22.7 Å². The molecule has 0 fully saturated rings. The molecule has 0 saturated heterocycles. The number of nitrogens with zero attached hydrogens (tertiary/aromatic N) is 2. The maximum absolute atomic E-state index is 11.2. The van der Waals surface area contributed by atoms with E-state index in [0.29, 0.717) is 0 Å². The number of rotatable bonds is 20. The molecule has 0 aliphatic rings. The van der Waals surface area contributed by atoms with Crippen LogP contribution in [-0.4, -0.2) is 18.1 Å². The Balaban J connectivity index is 1.65. The van der Waals surface area contributed by atoms with E-state index in [1.807, 2.05) is 48.5 Å². The molecule has 0 unspecified atom stereocenters. The molecule has 3 aromatic carbocycles. The second-order valence-corrected chi connectivity index (χ2v) is 10.3. The first-order valence-corrected chi connectivity index (χ1v) is 15.1. The van der Waals surface area contributed by atoms with Gasteiger partial charge in [0.1, 0.15) is 11.5 Å². The number of hydrogen-bond acceptors (Lipinski definition) is 5.